The molecule has 0 aliphatic rings. The Morgan fingerprint density at radius 3 is 2.52 bits per heavy atom. The predicted molar refractivity (Wildman–Crippen MR) is 126 cm³/mol. The van der Waals surface area contributed by atoms with Crippen LogP contribution in [0, 0.1) is 0 Å². The molecule has 3 aromatic carbocycles. The number of aliphatic hydroxyl groups excluding tert-OH is 1. The van der Waals surface area contributed by atoms with Gasteiger partial charge in [-0.1, -0.05) is 42.5 Å². The van der Waals surface area contributed by atoms with Gasteiger partial charge < -0.3 is 25.0 Å². The quantitative estimate of drug-likeness (QED) is 0.351. The molecule has 0 radical (unpaired) electrons. The molecule has 0 aliphatic heterocycles. The van der Waals surface area contributed by atoms with Crippen LogP contribution in [0.2, 0.25) is 0 Å². The first kappa shape index (κ1) is 22.1. The van der Waals surface area contributed by atoms with E-state index < -0.39 is 18.1 Å². The van der Waals surface area contributed by atoms with E-state index in [1.54, 1.807) is 49.6 Å². The number of anilines is 1. The van der Waals surface area contributed by atoms with Gasteiger partial charge in [-0.05, 0) is 42.0 Å². The van der Waals surface area contributed by atoms with E-state index in [-0.39, 0.29) is 6.61 Å². The zero-order valence-electron chi connectivity index (χ0n) is 18.0. The Morgan fingerprint density at radius 2 is 1.76 bits per heavy atom. The number of carboxylic acids is 1. The summed E-state index contributed by atoms with van der Waals surface area (Å²) in [5, 5.41) is 23.9. The van der Waals surface area contributed by atoms with Gasteiger partial charge in [0.15, 0.2) is 6.10 Å². The number of nitrogens with one attached hydrogen (secondary N) is 1. The maximum absolute atomic E-state index is 11.5. The molecule has 0 aliphatic carbocycles. The number of aromatic nitrogens is 1. The van der Waals surface area contributed by atoms with E-state index in [0.717, 1.165) is 16.6 Å². The predicted octanol–water partition coefficient (Wildman–Crippen LogP) is 4.42. The Hall–Kier alpha value is -4.10. The molecular weight excluding hydrogens is 420 g/mol. The Morgan fingerprint density at radius 1 is 0.970 bits per heavy atom. The van der Waals surface area contributed by atoms with Gasteiger partial charge in [0.1, 0.15) is 18.1 Å². The lowest BCUT2D eigenvalue weighted by Crippen LogP contribution is -2.32. The Kier molecular flexibility index (Phi) is 6.71. The third kappa shape index (κ3) is 5.39. The second-order valence-corrected chi connectivity index (χ2v) is 7.49. The van der Waals surface area contributed by atoms with Crippen LogP contribution in [-0.4, -0.2) is 34.4 Å². The summed E-state index contributed by atoms with van der Waals surface area (Å²) in [7, 11) is 1.55. The molecule has 1 unspecified atom stereocenters. The molecule has 3 N–H and O–H groups in total. The summed E-state index contributed by atoms with van der Waals surface area (Å²) in [5.74, 6) is -0.0913. The number of nitrogens with zero attached hydrogens (tertiary/aromatic N) is 1. The van der Waals surface area contributed by atoms with Gasteiger partial charge in [-0.2, -0.15) is 0 Å². The van der Waals surface area contributed by atoms with Gasteiger partial charge >= 0.3 is 5.97 Å². The molecule has 168 valence electrons. The van der Waals surface area contributed by atoms with Gasteiger partial charge in [0.05, 0.1) is 24.4 Å². The number of hydrogen-bond acceptors (Lipinski definition) is 6. The van der Waals surface area contributed by atoms with E-state index in [9.17, 15) is 15.0 Å². The second-order valence-electron chi connectivity index (χ2n) is 7.49. The maximum Gasteiger partial charge on any atom is 0.335 e. The minimum atomic E-state index is -1.65. The standard InChI is InChI=1S/C26H24N2O5/c1-32-21-13-10-18(11-14-21)24(25(29)26(30)31)28-19-6-4-7-22(15-19)33-16-20-12-9-17-5-2-3-8-23(17)27-20/h2-15,24-25,28-29H,16H2,1H3,(H,30,31)/t24?,25-/m1/s1. The number of methoxy groups -OCH3 is 1. The number of fused-ring (bicyclic) bond motifs is 1. The third-order valence-corrected chi connectivity index (χ3v) is 5.24. The zero-order chi connectivity index (χ0) is 23.2. The molecule has 0 saturated carbocycles. The van der Waals surface area contributed by atoms with Crippen LogP contribution in [0.15, 0.2) is 84.9 Å². The lowest BCUT2D eigenvalue weighted by molar-refractivity contribution is -0.147. The molecule has 0 fully saturated rings. The van der Waals surface area contributed by atoms with Crippen molar-refractivity contribution in [3.05, 3.63) is 96.2 Å². The Balaban J connectivity index is 1.50. The van der Waals surface area contributed by atoms with Gasteiger partial charge in [-0.15, -0.1) is 0 Å². The highest BCUT2D eigenvalue weighted by molar-refractivity contribution is 5.78. The fourth-order valence-electron chi connectivity index (χ4n) is 3.50. The molecule has 4 aromatic rings. The molecule has 0 spiro atoms. The number of benzene rings is 3. The fourth-order valence-corrected chi connectivity index (χ4v) is 3.50. The van der Waals surface area contributed by atoms with Crippen molar-refractivity contribution in [3.63, 3.8) is 0 Å². The van der Waals surface area contributed by atoms with Crippen molar-refractivity contribution in [1.29, 1.82) is 0 Å². The number of para-hydroxylation sites is 1. The van der Waals surface area contributed by atoms with Gasteiger partial charge in [0, 0.05) is 17.1 Å². The summed E-state index contributed by atoms with van der Waals surface area (Å²) < 4.78 is 11.1. The number of carboxylic acid groups (broad SMARTS) is 1. The molecule has 7 heteroatoms. The lowest BCUT2D eigenvalue weighted by Gasteiger charge is -2.23. The van der Waals surface area contributed by atoms with E-state index in [4.69, 9.17) is 9.47 Å². The van der Waals surface area contributed by atoms with Crippen LogP contribution in [0.25, 0.3) is 10.9 Å². The summed E-state index contributed by atoms with van der Waals surface area (Å²) in [6.07, 6.45) is -1.65. The van der Waals surface area contributed by atoms with Crippen molar-refractivity contribution >= 4 is 22.6 Å². The summed E-state index contributed by atoms with van der Waals surface area (Å²) in [5.41, 5.74) is 2.92. The normalized spacial score (nSPS) is 12.7. The summed E-state index contributed by atoms with van der Waals surface area (Å²) >= 11 is 0. The van der Waals surface area contributed by atoms with Crippen molar-refractivity contribution in [3.8, 4) is 11.5 Å². The highest BCUT2D eigenvalue weighted by Gasteiger charge is 2.27. The molecule has 7 nitrogen and oxygen atoms in total. The second kappa shape index (κ2) is 10.0. The van der Waals surface area contributed by atoms with Gasteiger partial charge in [0.25, 0.3) is 0 Å². The number of rotatable bonds is 9. The minimum Gasteiger partial charge on any atom is -0.497 e. The first-order valence-corrected chi connectivity index (χ1v) is 10.4. The van der Waals surface area contributed by atoms with Crippen LogP contribution in [0.5, 0.6) is 11.5 Å². The highest BCUT2D eigenvalue weighted by atomic mass is 16.5. The highest BCUT2D eigenvalue weighted by Crippen LogP contribution is 2.27. The monoisotopic (exact) mass is 444 g/mol. The summed E-state index contributed by atoms with van der Waals surface area (Å²) in [6, 6.07) is 24.9. The average Bonchev–Trinajstić information content (AvgIpc) is 2.86. The van der Waals surface area contributed by atoms with E-state index in [1.165, 1.54) is 0 Å². The molecule has 0 saturated heterocycles. The molecule has 1 aromatic heterocycles. The maximum atomic E-state index is 11.5. The van der Waals surface area contributed by atoms with Crippen molar-refractivity contribution in [2.45, 2.75) is 18.8 Å². The molecule has 2 atom stereocenters. The van der Waals surface area contributed by atoms with Crippen molar-refractivity contribution in [1.82, 2.24) is 4.98 Å². The van der Waals surface area contributed by atoms with Crippen molar-refractivity contribution in [2.75, 3.05) is 12.4 Å². The molecule has 33 heavy (non-hydrogen) atoms. The van der Waals surface area contributed by atoms with Gasteiger partial charge in [-0.3, -0.25) is 0 Å². The fraction of sp³-hybridized carbons (Fsp3) is 0.154. The number of ether oxygens (including phenoxy) is 2. The van der Waals surface area contributed by atoms with Crippen LogP contribution in [0.1, 0.15) is 17.3 Å². The molecule has 4 rings (SSSR count). The minimum absolute atomic E-state index is 0.286. The third-order valence-electron chi connectivity index (χ3n) is 5.24. The number of aliphatic hydroxyl groups is 1. The average molecular weight is 444 g/mol. The summed E-state index contributed by atoms with van der Waals surface area (Å²) in [6.45, 7) is 0.286. The number of carbonyl (C=O) groups is 1. The van der Waals surface area contributed by atoms with Gasteiger partial charge in [-0.25, -0.2) is 9.78 Å². The van der Waals surface area contributed by atoms with Crippen LogP contribution in [-0.2, 0) is 11.4 Å². The summed E-state index contributed by atoms with van der Waals surface area (Å²) in [4.78, 5) is 16.1. The van der Waals surface area contributed by atoms with Crippen LogP contribution < -0.4 is 14.8 Å². The molecule has 0 bridgehead atoms. The Labute approximate surface area is 191 Å². The van der Waals surface area contributed by atoms with E-state index in [0.29, 0.717) is 22.7 Å². The first-order valence-electron chi connectivity index (χ1n) is 10.4. The zero-order valence-corrected chi connectivity index (χ0v) is 18.0. The lowest BCUT2D eigenvalue weighted by atomic mass is 10.0. The van der Waals surface area contributed by atoms with E-state index in [1.807, 2.05) is 42.5 Å². The Bertz CT molecular complexity index is 1240. The van der Waals surface area contributed by atoms with Crippen LogP contribution >= 0.6 is 0 Å². The topological polar surface area (TPSA) is 101 Å². The SMILES string of the molecule is COc1ccc(C(Nc2cccc(OCc3ccc4ccccc4n3)c2)[C@@H](O)C(=O)O)cc1. The number of aliphatic carboxylic acids is 1. The van der Waals surface area contributed by atoms with Crippen molar-refractivity contribution in [2.24, 2.45) is 0 Å². The molecule has 0 amide bonds. The van der Waals surface area contributed by atoms with Crippen LogP contribution in [0.3, 0.4) is 0 Å². The van der Waals surface area contributed by atoms with E-state index in [2.05, 4.69) is 10.3 Å². The number of pyridine rings is 1. The van der Waals surface area contributed by atoms with E-state index >= 15 is 0 Å². The largest absolute Gasteiger partial charge is 0.497 e. The van der Waals surface area contributed by atoms with Crippen molar-refractivity contribution < 1.29 is 24.5 Å². The number of hydrogen-bond donors (Lipinski definition) is 3. The molecular formula is C26H24N2O5. The smallest absolute Gasteiger partial charge is 0.335 e. The molecule has 1 heterocycles. The van der Waals surface area contributed by atoms with Crippen LogP contribution in [0.4, 0.5) is 5.69 Å². The van der Waals surface area contributed by atoms with Gasteiger partial charge in [0.2, 0.25) is 0 Å². The first-order chi connectivity index (χ1) is 16.0.